The van der Waals surface area contributed by atoms with E-state index < -0.39 is 11.4 Å². The Morgan fingerprint density at radius 3 is 2.54 bits per heavy atom. The van der Waals surface area contributed by atoms with E-state index in [2.05, 4.69) is 5.32 Å². The molecule has 2 aliphatic heterocycles. The Hall–Kier alpha value is -2.41. The molecule has 26 heavy (non-hydrogen) atoms. The van der Waals surface area contributed by atoms with Crippen LogP contribution in [-0.2, 0) is 14.3 Å². The van der Waals surface area contributed by atoms with Crippen LogP contribution in [0.15, 0.2) is 24.3 Å². The summed E-state index contributed by atoms with van der Waals surface area (Å²) in [7, 11) is 0. The molecule has 3 fully saturated rings. The number of likely N-dealkylation sites (tertiary alicyclic amines) is 1. The van der Waals surface area contributed by atoms with Gasteiger partial charge in [0.15, 0.2) is 0 Å². The maximum absolute atomic E-state index is 12.8. The zero-order valence-corrected chi connectivity index (χ0v) is 14.4. The minimum Gasteiger partial charge on any atom is -0.481 e. The van der Waals surface area contributed by atoms with Crippen LogP contribution in [0.4, 0.5) is 5.69 Å². The van der Waals surface area contributed by atoms with Crippen molar-refractivity contribution in [2.75, 3.05) is 31.6 Å². The van der Waals surface area contributed by atoms with Gasteiger partial charge in [-0.15, -0.1) is 0 Å². The lowest BCUT2D eigenvalue weighted by atomic mass is 9.74. The molecule has 1 aliphatic carbocycles. The normalized spacial score (nSPS) is 27.7. The number of hydrogen-bond donors (Lipinski definition) is 2. The number of aliphatic carboxylic acids is 1. The minimum atomic E-state index is -0.897. The molecule has 0 unspecified atom stereocenters. The number of anilines is 1. The molecular formula is C19H22N2O5. The summed E-state index contributed by atoms with van der Waals surface area (Å²) in [6, 6.07) is 6.78. The van der Waals surface area contributed by atoms with Gasteiger partial charge < -0.3 is 20.1 Å². The lowest BCUT2D eigenvalue weighted by Gasteiger charge is -2.33. The van der Waals surface area contributed by atoms with Gasteiger partial charge in [-0.25, -0.2) is 0 Å². The molecule has 7 heteroatoms. The molecule has 7 nitrogen and oxygen atoms in total. The fourth-order valence-electron chi connectivity index (χ4n) is 3.92. The van der Waals surface area contributed by atoms with Crippen molar-refractivity contribution in [3.05, 3.63) is 29.8 Å². The molecule has 4 rings (SSSR count). The lowest BCUT2D eigenvalue weighted by Crippen LogP contribution is -2.45. The largest absolute Gasteiger partial charge is 0.481 e. The molecule has 2 N–H and O–H groups in total. The van der Waals surface area contributed by atoms with Gasteiger partial charge in [0.2, 0.25) is 5.91 Å². The number of nitrogens with zero attached hydrogens (tertiary/aromatic N) is 1. The van der Waals surface area contributed by atoms with Crippen LogP contribution in [-0.4, -0.2) is 54.1 Å². The first-order chi connectivity index (χ1) is 12.5. The Bertz CT molecular complexity index is 743. The van der Waals surface area contributed by atoms with Gasteiger partial charge >= 0.3 is 5.97 Å². The Morgan fingerprint density at radius 2 is 1.92 bits per heavy atom. The second kappa shape index (κ2) is 6.39. The molecule has 1 aromatic carbocycles. The highest BCUT2D eigenvalue weighted by Gasteiger charge is 2.54. The van der Waals surface area contributed by atoms with Gasteiger partial charge in [0.25, 0.3) is 5.91 Å². The summed E-state index contributed by atoms with van der Waals surface area (Å²) in [5.41, 5.74) is 0.269. The van der Waals surface area contributed by atoms with Crippen LogP contribution in [0.3, 0.4) is 0 Å². The predicted molar refractivity (Wildman–Crippen MR) is 92.7 cm³/mol. The van der Waals surface area contributed by atoms with E-state index in [9.17, 15) is 19.5 Å². The lowest BCUT2D eigenvalue weighted by molar-refractivity contribution is -0.157. The highest BCUT2D eigenvalue weighted by atomic mass is 16.5. The highest BCUT2D eigenvalue weighted by molar-refractivity contribution is 5.97. The van der Waals surface area contributed by atoms with Gasteiger partial charge in [-0.05, 0) is 43.5 Å². The molecule has 0 spiro atoms. The molecular weight excluding hydrogens is 336 g/mol. The molecule has 3 aliphatic rings. The number of ether oxygens (including phenoxy) is 1. The number of carbonyl (C=O) groups excluding carboxylic acids is 2. The second-order valence-electron chi connectivity index (χ2n) is 7.51. The van der Waals surface area contributed by atoms with E-state index in [0.717, 1.165) is 12.8 Å². The number of rotatable bonds is 4. The fraction of sp³-hybridized carbons (Fsp3) is 0.526. The van der Waals surface area contributed by atoms with Gasteiger partial charge in [0.1, 0.15) is 0 Å². The van der Waals surface area contributed by atoms with Gasteiger partial charge in [-0.2, -0.15) is 0 Å². The van der Waals surface area contributed by atoms with Gasteiger partial charge in [0, 0.05) is 42.8 Å². The zero-order valence-electron chi connectivity index (χ0n) is 14.4. The Balaban J connectivity index is 1.45. The van der Waals surface area contributed by atoms with E-state index in [4.69, 9.17) is 4.74 Å². The van der Waals surface area contributed by atoms with Crippen molar-refractivity contribution in [3.8, 4) is 0 Å². The molecule has 0 bridgehead atoms. The Kier molecular flexibility index (Phi) is 4.19. The maximum atomic E-state index is 12.8. The number of amides is 2. The SMILES string of the molecule is O=C(Nc1ccc(C(=O)N2C[C@H]3COCC[C@@]3(C(=O)O)C2)cc1)C1CC1. The molecule has 2 heterocycles. The van der Waals surface area contributed by atoms with Crippen LogP contribution in [0.1, 0.15) is 29.6 Å². The number of nitrogens with one attached hydrogen (secondary N) is 1. The summed E-state index contributed by atoms with van der Waals surface area (Å²) in [6.07, 6.45) is 2.31. The summed E-state index contributed by atoms with van der Waals surface area (Å²) < 4.78 is 5.43. The Labute approximate surface area is 151 Å². The Morgan fingerprint density at radius 1 is 1.19 bits per heavy atom. The van der Waals surface area contributed by atoms with Gasteiger partial charge in [-0.3, -0.25) is 14.4 Å². The summed E-state index contributed by atoms with van der Waals surface area (Å²) in [6.45, 7) is 1.41. The summed E-state index contributed by atoms with van der Waals surface area (Å²) in [5, 5.41) is 12.5. The molecule has 0 aromatic heterocycles. The van der Waals surface area contributed by atoms with Crippen LogP contribution in [0.25, 0.3) is 0 Å². The number of fused-ring (bicyclic) bond motifs is 1. The van der Waals surface area contributed by atoms with Crippen molar-refractivity contribution in [2.24, 2.45) is 17.3 Å². The van der Waals surface area contributed by atoms with Crippen molar-refractivity contribution in [3.63, 3.8) is 0 Å². The number of benzene rings is 1. The molecule has 1 saturated carbocycles. The fourth-order valence-corrected chi connectivity index (χ4v) is 3.92. The third kappa shape index (κ3) is 2.96. The predicted octanol–water partition coefficient (Wildman–Crippen LogP) is 1.60. The van der Waals surface area contributed by atoms with Crippen LogP contribution in [0.2, 0.25) is 0 Å². The van der Waals surface area contributed by atoms with Crippen molar-refractivity contribution in [1.82, 2.24) is 4.90 Å². The molecule has 1 aromatic rings. The van der Waals surface area contributed by atoms with E-state index >= 15 is 0 Å². The van der Waals surface area contributed by atoms with Crippen LogP contribution < -0.4 is 5.32 Å². The summed E-state index contributed by atoms with van der Waals surface area (Å²) in [5.74, 6) is -1.05. The number of carboxylic acid groups (broad SMARTS) is 1. The molecule has 2 amide bonds. The van der Waals surface area contributed by atoms with Crippen LogP contribution in [0, 0.1) is 17.3 Å². The van der Waals surface area contributed by atoms with Crippen LogP contribution >= 0.6 is 0 Å². The average molecular weight is 358 g/mol. The monoisotopic (exact) mass is 358 g/mol. The minimum absolute atomic E-state index is 0.0242. The molecule has 2 saturated heterocycles. The number of carbonyl (C=O) groups is 3. The first kappa shape index (κ1) is 17.0. The molecule has 138 valence electrons. The quantitative estimate of drug-likeness (QED) is 0.852. The third-order valence-corrected chi connectivity index (χ3v) is 5.77. The van der Waals surface area contributed by atoms with E-state index in [-0.39, 0.29) is 30.2 Å². The van der Waals surface area contributed by atoms with E-state index in [1.807, 2.05) is 0 Å². The topological polar surface area (TPSA) is 95.9 Å². The summed E-state index contributed by atoms with van der Waals surface area (Å²) >= 11 is 0. The van der Waals surface area contributed by atoms with E-state index in [0.29, 0.717) is 37.4 Å². The maximum Gasteiger partial charge on any atom is 0.311 e. The van der Waals surface area contributed by atoms with Crippen LogP contribution in [0.5, 0.6) is 0 Å². The zero-order chi connectivity index (χ0) is 18.3. The van der Waals surface area contributed by atoms with Crippen molar-refractivity contribution < 1.29 is 24.2 Å². The average Bonchev–Trinajstić information content (AvgIpc) is 3.41. The number of carboxylic acids is 1. The van der Waals surface area contributed by atoms with Crippen molar-refractivity contribution in [2.45, 2.75) is 19.3 Å². The van der Waals surface area contributed by atoms with Gasteiger partial charge in [-0.1, -0.05) is 0 Å². The third-order valence-electron chi connectivity index (χ3n) is 5.77. The first-order valence-corrected chi connectivity index (χ1v) is 9.01. The van der Waals surface area contributed by atoms with Crippen molar-refractivity contribution in [1.29, 1.82) is 0 Å². The van der Waals surface area contributed by atoms with Gasteiger partial charge in [0.05, 0.1) is 12.0 Å². The summed E-state index contributed by atoms with van der Waals surface area (Å²) in [4.78, 5) is 38.1. The van der Waals surface area contributed by atoms with E-state index in [1.165, 1.54) is 0 Å². The smallest absolute Gasteiger partial charge is 0.311 e. The highest BCUT2D eigenvalue weighted by Crippen LogP contribution is 2.42. The second-order valence-corrected chi connectivity index (χ2v) is 7.51. The molecule has 2 atom stereocenters. The first-order valence-electron chi connectivity index (χ1n) is 9.01. The number of hydrogen-bond acceptors (Lipinski definition) is 4. The van der Waals surface area contributed by atoms with Crippen molar-refractivity contribution >= 4 is 23.5 Å². The molecule has 0 radical (unpaired) electrons. The standard InChI is InChI=1S/C19H22N2O5/c22-16(12-1-2-12)20-15-5-3-13(4-6-15)17(23)21-9-14-10-26-8-7-19(14,11-21)18(24)25/h3-6,12,14H,1-2,7-11H2,(H,20,22)(H,24,25)/t14-,19+/m0/s1. The van der Waals surface area contributed by atoms with E-state index in [1.54, 1.807) is 29.2 Å².